The van der Waals surface area contributed by atoms with Crippen LogP contribution in [0, 0.1) is 10.1 Å². The largest absolute Gasteiger partial charge is 0.393 e. The summed E-state index contributed by atoms with van der Waals surface area (Å²) >= 11 is 3.08. The third kappa shape index (κ3) is 2.28. The van der Waals surface area contributed by atoms with Gasteiger partial charge in [-0.05, 0) is 11.6 Å². The van der Waals surface area contributed by atoms with Crippen molar-refractivity contribution in [3.05, 3.63) is 38.3 Å². The van der Waals surface area contributed by atoms with Crippen LogP contribution in [0.4, 0.5) is 5.69 Å². The van der Waals surface area contributed by atoms with Crippen LogP contribution in [0.3, 0.4) is 0 Å². The fourth-order valence-corrected chi connectivity index (χ4v) is 1.63. The van der Waals surface area contributed by atoms with Crippen LogP contribution in [0.5, 0.6) is 0 Å². The molecular weight excluding hydrogens is 254 g/mol. The lowest BCUT2D eigenvalue weighted by Crippen LogP contribution is -2.03. The molecule has 1 unspecified atom stereocenters. The van der Waals surface area contributed by atoms with Gasteiger partial charge in [-0.25, -0.2) is 0 Å². The highest BCUT2D eigenvalue weighted by Gasteiger charge is 2.13. The Morgan fingerprint density at radius 1 is 1.57 bits per heavy atom. The van der Waals surface area contributed by atoms with Gasteiger partial charge in [0, 0.05) is 16.6 Å². The number of non-ortho nitro benzene ring substituents is 1. The molecule has 0 bridgehead atoms. The van der Waals surface area contributed by atoms with E-state index in [-0.39, 0.29) is 5.69 Å². The van der Waals surface area contributed by atoms with Crippen LogP contribution in [0.1, 0.15) is 11.7 Å². The smallest absolute Gasteiger partial charge is 0.270 e. The zero-order chi connectivity index (χ0) is 10.7. The lowest BCUT2D eigenvalue weighted by molar-refractivity contribution is -0.385. The molecule has 0 amide bonds. The number of nitro benzene ring substituents is 1. The first-order valence-electron chi connectivity index (χ1n) is 3.79. The summed E-state index contributed by atoms with van der Waals surface area (Å²) in [6.45, 7) is -0.420. The van der Waals surface area contributed by atoms with Crippen LogP contribution in [-0.4, -0.2) is 21.7 Å². The third-order valence-electron chi connectivity index (χ3n) is 1.73. The molecule has 0 heterocycles. The second kappa shape index (κ2) is 4.50. The lowest BCUT2D eigenvalue weighted by Gasteiger charge is -2.08. The zero-order valence-electron chi connectivity index (χ0n) is 7.05. The SMILES string of the molecule is O=[N+]([O-])c1ccc(C(O)CO)c(Br)c1. The van der Waals surface area contributed by atoms with E-state index in [4.69, 9.17) is 5.11 Å². The van der Waals surface area contributed by atoms with Crippen molar-refractivity contribution in [1.82, 2.24) is 0 Å². The number of hydrogen-bond acceptors (Lipinski definition) is 4. The maximum atomic E-state index is 10.4. The number of aliphatic hydroxyl groups excluding tert-OH is 2. The highest BCUT2D eigenvalue weighted by molar-refractivity contribution is 9.10. The fraction of sp³-hybridized carbons (Fsp3) is 0.250. The topological polar surface area (TPSA) is 83.6 Å². The number of nitro groups is 1. The van der Waals surface area contributed by atoms with Gasteiger partial charge in [0.25, 0.3) is 5.69 Å². The predicted molar refractivity (Wildman–Crippen MR) is 52.8 cm³/mol. The van der Waals surface area contributed by atoms with Crippen LogP contribution < -0.4 is 0 Å². The molecule has 0 aromatic heterocycles. The molecule has 76 valence electrons. The zero-order valence-corrected chi connectivity index (χ0v) is 8.64. The molecule has 2 N–H and O–H groups in total. The van der Waals surface area contributed by atoms with Crippen molar-refractivity contribution in [2.24, 2.45) is 0 Å². The molecule has 0 saturated carbocycles. The number of aliphatic hydroxyl groups is 2. The second-order valence-corrected chi connectivity index (χ2v) is 3.52. The maximum absolute atomic E-state index is 10.4. The van der Waals surface area contributed by atoms with Gasteiger partial charge in [-0.2, -0.15) is 0 Å². The van der Waals surface area contributed by atoms with Gasteiger partial charge in [-0.1, -0.05) is 15.9 Å². The molecule has 1 aromatic carbocycles. The number of halogens is 1. The molecule has 0 spiro atoms. The van der Waals surface area contributed by atoms with Gasteiger partial charge in [-0.3, -0.25) is 10.1 Å². The van der Waals surface area contributed by atoms with Crippen LogP contribution >= 0.6 is 15.9 Å². The summed E-state index contributed by atoms with van der Waals surface area (Å²) in [6.07, 6.45) is -1.02. The molecule has 1 rings (SSSR count). The van der Waals surface area contributed by atoms with Gasteiger partial charge in [0.2, 0.25) is 0 Å². The fourth-order valence-electron chi connectivity index (χ4n) is 0.998. The molecule has 6 heteroatoms. The number of rotatable bonds is 3. The van der Waals surface area contributed by atoms with E-state index in [0.29, 0.717) is 10.0 Å². The molecule has 5 nitrogen and oxygen atoms in total. The Kier molecular flexibility index (Phi) is 3.56. The first-order valence-corrected chi connectivity index (χ1v) is 4.58. The summed E-state index contributed by atoms with van der Waals surface area (Å²) in [5.74, 6) is 0. The van der Waals surface area contributed by atoms with E-state index < -0.39 is 17.6 Å². The summed E-state index contributed by atoms with van der Waals surface area (Å²) < 4.78 is 0.410. The Morgan fingerprint density at radius 2 is 2.21 bits per heavy atom. The molecule has 1 atom stereocenters. The molecule has 1 aromatic rings. The van der Waals surface area contributed by atoms with Crippen molar-refractivity contribution in [2.75, 3.05) is 6.61 Å². The highest BCUT2D eigenvalue weighted by atomic mass is 79.9. The number of nitrogens with zero attached hydrogens (tertiary/aromatic N) is 1. The third-order valence-corrected chi connectivity index (χ3v) is 2.41. The van der Waals surface area contributed by atoms with E-state index in [1.807, 2.05) is 0 Å². The van der Waals surface area contributed by atoms with Crippen molar-refractivity contribution in [2.45, 2.75) is 6.10 Å². The standard InChI is InChI=1S/C8H8BrNO4/c9-7-3-5(10(13)14)1-2-6(7)8(12)4-11/h1-3,8,11-12H,4H2. The minimum Gasteiger partial charge on any atom is -0.393 e. The maximum Gasteiger partial charge on any atom is 0.270 e. The van der Waals surface area contributed by atoms with Gasteiger partial charge >= 0.3 is 0 Å². The van der Waals surface area contributed by atoms with Crippen LogP contribution in [0.15, 0.2) is 22.7 Å². The first-order chi connectivity index (χ1) is 6.56. The Morgan fingerprint density at radius 3 is 2.64 bits per heavy atom. The van der Waals surface area contributed by atoms with Crippen LogP contribution in [-0.2, 0) is 0 Å². The number of hydrogen-bond donors (Lipinski definition) is 2. The minimum absolute atomic E-state index is 0.0641. The lowest BCUT2D eigenvalue weighted by atomic mass is 10.1. The molecule has 0 fully saturated rings. The van der Waals surface area contributed by atoms with Gasteiger partial charge in [0.15, 0.2) is 0 Å². The molecule has 0 radical (unpaired) electrons. The average Bonchev–Trinajstić information content (AvgIpc) is 2.16. The van der Waals surface area contributed by atoms with E-state index in [0.717, 1.165) is 0 Å². The van der Waals surface area contributed by atoms with Gasteiger partial charge < -0.3 is 10.2 Å². The van der Waals surface area contributed by atoms with E-state index in [9.17, 15) is 15.2 Å². The van der Waals surface area contributed by atoms with Crippen molar-refractivity contribution in [3.63, 3.8) is 0 Å². The van der Waals surface area contributed by atoms with E-state index >= 15 is 0 Å². The molecule has 0 aliphatic heterocycles. The van der Waals surface area contributed by atoms with E-state index in [1.165, 1.54) is 18.2 Å². The second-order valence-electron chi connectivity index (χ2n) is 2.66. The van der Waals surface area contributed by atoms with Crippen molar-refractivity contribution < 1.29 is 15.1 Å². The van der Waals surface area contributed by atoms with Crippen molar-refractivity contribution >= 4 is 21.6 Å². The Hall–Kier alpha value is -0.980. The monoisotopic (exact) mass is 261 g/mol. The van der Waals surface area contributed by atoms with E-state index in [2.05, 4.69) is 15.9 Å². The van der Waals surface area contributed by atoms with Gasteiger partial charge in [0.1, 0.15) is 6.10 Å². The normalized spacial score (nSPS) is 12.5. The summed E-state index contributed by atoms with van der Waals surface area (Å²) in [5.41, 5.74) is 0.365. The van der Waals surface area contributed by atoms with Crippen molar-refractivity contribution in [3.8, 4) is 0 Å². The predicted octanol–water partition coefficient (Wildman–Crippen LogP) is 1.38. The molecule has 0 aliphatic carbocycles. The van der Waals surface area contributed by atoms with Gasteiger partial charge in [-0.15, -0.1) is 0 Å². The van der Waals surface area contributed by atoms with Crippen molar-refractivity contribution in [1.29, 1.82) is 0 Å². The van der Waals surface area contributed by atoms with Crippen LogP contribution in [0.2, 0.25) is 0 Å². The summed E-state index contributed by atoms with van der Waals surface area (Å²) in [5, 5.41) is 28.4. The molecule has 14 heavy (non-hydrogen) atoms. The number of benzene rings is 1. The highest BCUT2D eigenvalue weighted by Crippen LogP contribution is 2.27. The summed E-state index contributed by atoms with van der Waals surface area (Å²) in [6, 6.07) is 3.97. The molecule has 0 aliphatic rings. The Balaban J connectivity index is 3.07. The van der Waals surface area contributed by atoms with Gasteiger partial charge in [0.05, 0.1) is 11.5 Å². The quantitative estimate of drug-likeness (QED) is 0.636. The first kappa shape index (κ1) is 11.1. The summed E-state index contributed by atoms with van der Waals surface area (Å²) in [4.78, 5) is 9.85. The Bertz CT molecular complexity index is 355. The van der Waals surface area contributed by atoms with Crippen LogP contribution in [0.25, 0.3) is 0 Å². The molecular formula is C8H8BrNO4. The average molecular weight is 262 g/mol. The van der Waals surface area contributed by atoms with E-state index in [1.54, 1.807) is 0 Å². The molecule has 0 saturated heterocycles. The minimum atomic E-state index is -1.02. The summed E-state index contributed by atoms with van der Waals surface area (Å²) in [7, 11) is 0. The Labute approximate surface area is 88.3 Å².